The third kappa shape index (κ3) is 53.3. The third-order valence-corrected chi connectivity index (χ3v) is 7.63. The normalized spacial score (nSPS) is 10.5. The third-order valence-electron chi connectivity index (χ3n) is 7.63. The summed E-state index contributed by atoms with van der Waals surface area (Å²) in [5, 5.41) is 20.4. The molecule has 0 aliphatic heterocycles. The molecule has 4 nitrogen and oxygen atoms in total. The smallest absolute Gasteiger partial charge is 0.550 e. The number of allylic oxidation sites excluding steroid dienone is 2. The molecule has 0 bridgehead atoms. The van der Waals surface area contributed by atoms with Crippen LogP contribution in [0.25, 0.3) is 0 Å². The Balaban J connectivity index is -0.000000328. The Bertz CT molecular complexity index is 540. The Hall–Kier alpha value is 0.680. The zero-order chi connectivity index (χ0) is 29.8. The monoisotopic (exact) mass is 610 g/mol. The first-order chi connectivity index (χ1) is 19.5. The van der Waals surface area contributed by atoms with E-state index in [9.17, 15) is 19.8 Å². The van der Waals surface area contributed by atoms with Crippen LogP contribution < -0.4 is 69.3 Å². The van der Waals surface area contributed by atoms with Crippen molar-refractivity contribution in [3.63, 3.8) is 0 Å². The van der Waals surface area contributed by atoms with Crippen molar-refractivity contribution in [2.75, 3.05) is 0 Å². The van der Waals surface area contributed by atoms with Gasteiger partial charge in [0.25, 0.3) is 0 Å². The van der Waals surface area contributed by atoms with E-state index in [4.69, 9.17) is 0 Å². The molecule has 0 N–H and O–H groups in total. The zero-order valence-corrected chi connectivity index (χ0v) is 33.0. The SMILES string of the molecule is CCCCCCCCC=CCCCCCCCC(=O)[O-].CCCCCCCCCCCCCCCCCC(=O)[O-].[Na+].[Na+]. The number of unbranched alkanes of at least 4 members (excludes halogenated alkanes) is 25. The van der Waals surface area contributed by atoms with E-state index in [-0.39, 0.29) is 72.0 Å². The van der Waals surface area contributed by atoms with Gasteiger partial charge in [-0.25, -0.2) is 0 Å². The second kappa shape index (κ2) is 46.1. The molecule has 0 aromatic rings. The molecule has 0 unspecified atom stereocenters. The van der Waals surface area contributed by atoms with Crippen molar-refractivity contribution in [3.05, 3.63) is 12.2 Å². The topological polar surface area (TPSA) is 80.3 Å². The van der Waals surface area contributed by atoms with Crippen LogP contribution in [-0.4, -0.2) is 11.9 Å². The van der Waals surface area contributed by atoms with Crippen LogP contribution in [0.1, 0.15) is 206 Å². The summed E-state index contributed by atoms with van der Waals surface area (Å²) in [4.78, 5) is 20.4. The van der Waals surface area contributed by atoms with Crippen LogP contribution in [0.4, 0.5) is 0 Å². The second-order valence-corrected chi connectivity index (χ2v) is 11.8. The molecule has 0 amide bonds. The van der Waals surface area contributed by atoms with Gasteiger partial charge in [0, 0.05) is 11.9 Å². The summed E-state index contributed by atoms with van der Waals surface area (Å²) in [7, 11) is 0. The van der Waals surface area contributed by atoms with E-state index in [0.717, 1.165) is 32.1 Å². The van der Waals surface area contributed by atoms with Gasteiger partial charge >= 0.3 is 59.1 Å². The quantitative estimate of drug-likeness (QED) is 0.0680. The summed E-state index contributed by atoms with van der Waals surface area (Å²) in [6, 6.07) is 0. The van der Waals surface area contributed by atoms with E-state index in [2.05, 4.69) is 26.0 Å². The fourth-order valence-electron chi connectivity index (χ4n) is 4.98. The molecule has 6 heteroatoms. The Morgan fingerprint density at radius 1 is 0.381 bits per heavy atom. The van der Waals surface area contributed by atoms with Crippen LogP contribution in [0.15, 0.2) is 12.2 Å². The van der Waals surface area contributed by atoms with Crippen molar-refractivity contribution in [3.8, 4) is 0 Å². The van der Waals surface area contributed by atoms with Crippen molar-refractivity contribution < 1.29 is 78.9 Å². The molecule has 238 valence electrons. The first kappa shape index (κ1) is 49.6. The fourth-order valence-corrected chi connectivity index (χ4v) is 4.98. The average molecular weight is 611 g/mol. The summed E-state index contributed by atoms with van der Waals surface area (Å²) in [5.74, 6) is -1.82. The van der Waals surface area contributed by atoms with Crippen LogP contribution in [0.3, 0.4) is 0 Å². The van der Waals surface area contributed by atoms with Gasteiger partial charge in [-0.1, -0.05) is 167 Å². The molecule has 0 aliphatic carbocycles. The van der Waals surface area contributed by atoms with Crippen molar-refractivity contribution in [2.24, 2.45) is 0 Å². The molecule has 0 heterocycles. The summed E-state index contributed by atoms with van der Waals surface area (Å²) < 4.78 is 0. The van der Waals surface area contributed by atoms with E-state index in [0.29, 0.717) is 0 Å². The van der Waals surface area contributed by atoms with E-state index in [1.807, 2.05) is 0 Å². The minimum absolute atomic E-state index is 0. The summed E-state index contributed by atoms with van der Waals surface area (Å²) in [6.07, 6.45) is 40.8. The van der Waals surface area contributed by atoms with E-state index in [1.54, 1.807) is 0 Å². The first-order valence-corrected chi connectivity index (χ1v) is 17.6. The van der Waals surface area contributed by atoms with Gasteiger partial charge in [-0.2, -0.15) is 0 Å². The molecule has 42 heavy (non-hydrogen) atoms. The number of hydrogen-bond donors (Lipinski definition) is 0. The minimum Gasteiger partial charge on any atom is -0.550 e. The fraction of sp³-hybridized carbons (Fsp3) is 0.889. The molecule has 0 radical (unpaired) electrons. The number of carboxylic acid groups (broad SMARTS) is 2. The van der Waals surface area contributed by atoms with Crippen molar-refractivity contribution in [2.45, 2.75) is 206 Å². The van der Waals surface area contributed by atoms with Gasteiger partial charge in [-0.3, -0.25) is 0 Å². The maximum Gasteiger partial charge on any atom is 1.00 e. The molecule has 0 fully saturated rings. The van der Waals surface area contributed by atoms with Gasteiger partial charge < -0.3 is 19.8 Å². The molecule has 0 aromatic carbocycles. The maximum atomic E-state index is 10.2. The molecule has 0 atom stereocenters. The summed E-state index contributed by atoms with van der Waals surface area (Å²) in [6.45, 7) is 4.52. The number of carbonyl (C=O) groups excluding carboxylic acids is 2. The van der Waals surface area contributed by atoms with Gasteiger partial charge in [0.15, 0.2) is 0 Å². The molecule has 0 aromatic heterocycles. The predicted molar refractivity (Wildman–Crippen MR) is 169 cm³/mol. The molecule has 0 aliphatic rings. The van der Waals surface area contributed by atoms with Crippen LogP contribution >= 0.6 is 0 Å². The Morgan fingerprint density at radius 2 is 0.595 bits per heavy atom. The summed E-state index contributed by atoms with van der Waals surface area (Å²) >= 11 is 0. The Labute approximate surface area is 307 Å². The van der Waals surface area contributed by atoms with Crippen LogP contribution in [-0.2, 0) is 9.59 Å². The zero-order valence-electron chi connectivity index (χ0n) is 29.0. The van der Waals surface area contributed by atoms with Crippen molar-refractivity contribution in [1.29, 1.82) is 0 Å². The predicted octanol–water partition coefficient (Wildman–Crippen LogP) is 3.78. The van der Waals surface area contributed by atoms with E-state index < -0.39 is 11.9 Å². The second-order valence-electron chi connectivity index (χ2n) is 11.8. The molecule has 0 saturated heterocycles. The number of hydrogen-bond acceptors (Lipinski definition) is 4. The molecule has 0 saturated carbocycles. The number of carboxylic acids is 2. The Kier molecular flexibility index (Phi) is 54.4. The molecular weight excluding hydrogens is 542 g/mol. The van der Waals surface area contributed by atoms with Gasteiger partial charge in [0.05, 0.1) is 0 Å². The number of aliphatic carboxylic acids is 2. The number of carbonyl (C=O) groups is 2. The Morgan fingerprint density at radius 3 is 0.833 bits per heavy atom. The largest absolute Gasteiger partial charge is 1.00 e. The van der Waals surface area contributed by atoms with Gasteiger partial charge in [0.2, 0.25) is 0 Å². The van der Waals surface area contributed by atoms with Gasteiger partial charge in [0.1, 0.15) is 0 Å². The molecule has 0 spiro atoms. The number of rotatable bonds is 31. The standard InChI is InChI=1S/C18H36O2.C18H34O2.2Na/c2*1-2-3-4-5-6-7-8-9-10-11-12-13-14-15-16-17-18(19)20;;/h2-17H2,1H3,(H,19,20);9-10H,2-8,11-17H2,1H3,(H,19,20);;/q;;2*+1/p-2. The minimum atomic E-state index is -0.914. The van der Waals surface area contributed by atoms with Crippen molar-refractivity contribution in [1.82, 2.24) is 0 Å². The van der Waals surface area contributed by atoms with Crippen LogP contribution in [0.2, 0.25) is 0 Å². The van der Waals surface area contributed by atoms with E-state index >= 15 is 0 Å². The summed E-state index contributed by atoms with van der Waals surface area (Å²) in [5.41, 5.74) is 0. The van der Waals surface area contributed by atoms with Gasteiger partial charge in [-0.05, 0) is 51.4 Å². The van der Waals surface area contributed by atoms with E-state index in [1.165, 1.54) is 148 Å². The molecular formula is C36H68Na2O4. The first-order valence-electron chi connectivity index (χ1n) is 17.6. The van der Waals surface area contributed by atoms with Crippen LogP contribution in [0, 0.1) is 0 Å². The van der Waals surface area contributed by atoms with Crippen LogP contribution in [0.5, 0.6) is 0 Å². The average Bonchev–Trinajstić information content (AvgIpc) is 2.93. The van der Waals surface area contributed by atoms with Crippen molar-refractivity contribution >= 4 is 11.9 Å². The van der Waals surface area contributed by atoms with Gasteiger partial charge in [-0.15, -0.1) is 0 Å². The maximum absolute atomic E-state index is 10.2. The molecule has 0 rings (SSSR count).